The second kappa shape index (κ2) is 8.56. The summed E-state index contributed by atoms with van der Waals surface area (Å²) in [5, 5.41) is 10.0. The summed E-state index contributed by atoms with van der Waals surface area (Å²) in [6.45, 7) is -0.233. The summed E-state index contributed by atoms with van der Waals surface area (Å²) in [5.74, 6) is 0.0594. The Morgan fingerprint density at radius 2 is 1.95 bits per heavy atom. The second-order valence-corrected chi connectivity index (χ2v) is 4.30. The molecule has 0 aromatic heterocycles. The molecule has 0 aliphatic rings. The zero-order valence-corrected chi connectivity index (χ0v) is 12.8. The lowest BCUT2D eigenvalue weighted by molar-refractivity contribution is -0.112. The van der Waals surface area contributed by atoms with E-state index in [2.05, 4.69) is 10.3 Å². The number of rotatable bonds is 8. The van der Waals surface area contributed by atoms with Crippen molar-refractivity contribution in [2.75, 3.05) is 27.8 Å². The van der Waals surface area contributed by atoms with E-state index in [1.54, 1.807) is 19.2 Å². The Hall–Kier alpha value is -2.70. The smallest absolute Gasteiger partial charge is 0.251 e. The van der Waals surface area contributed by atoms with Gasteiger partial charge in [0.1, 0.15) is 0 Å². The number of nitrogens with zero attached hydrogens (tertiary/aromatic N) is 1. The molecule has 0 radical (unpaired) electrons. The summed E-state index contributed by atoms with van der Waals surface area (Å²) in [6, 6.07) is 4.69. The SMILES string of the molecule is CN=CCC(=N)C(=O)CNC(=O)c1ccc(OC)c(OC)c1. The van der Waals surface area contributed by atoms with Crippen LogP contribution in [0.3, 0.4) is 0 Å². The molecule has 0 saturated heterocycles. The van der Waals surface area contributed by atoms with Gasteiger partial charge in [0.15, 0.2) is 17.3 Å². The van der Waals surface area contributed by atoms with Crippen molar-refractivity contribution in [3.8, 4) is 11.5 Å². The summed E-state index contributed by atoms with van der Waals surface area (Å²) < 4.78 is 10.2. The van der Waals surface area contributed by atoms with E-state index in [0.29, 0.717) is 17.1 Å². The number of hydrogen-bond acceptors (Lipinski definition) is 6. The minimum Gasteiger partial charge on any atom is -0.493 e. The van der Waals surface area contributed by atoms with Crippen molar-refractivity contribution >= 4 is 23.6 Å². The van der Waals surface area contributed by atoms with E-state index < -0.39 is 11.7 Å². The molecule has 0 saturated carbocycles. The molecule has 0 aliphatic carbocycles. The van der Waals surface area contributed by atoms with Gasteiger partial charge >= 0.3 is 0 Å². The molecule has 2 N–H and O–H groups in total. The fourth-order valence-corrected chi connectivity index (χ4v) is 1.64. The Morgan fingerprint density at radius 3 is 2.55 bits per heavy atom. The molecule has 0 heterocycles. The standard InChI is InChI=1S/C15H19N3O4/c1-17-7-6-11(16)12(19)9-18-15(20)10-4-5-13(21-2)14(8-10)22-3/h4-5,7-8,16H,6,9H2,1-3H3,(H,18,20). The average Bonchev–Trinajstić information content (AvgIpc) is 2.56. The highest BCUT2D eigenvalue weighted by Crippen LogP contribution is 2.27. The number of amides is 1. The van der Waals surface area contributed by atoms with Crippen LogP contribution in [-0.2, 0) is 4.79 Å². The number of nitrogens with one attached hydrogen (secondary N) is 2. The van der Waals surface area contributed by atoms with Gasteiger partial charge in [0, 0.05) is 25.2 Å². The van der Waals surface area contributed by atoms with E-state index in [9.17, 15) is 9.59 Å². The maximum atomic E-state index is 12.0. The number of ketones is 1. The van der Waals surface area contributed by atoms with Gasteiger partial charge in [-0.3, -0.25) is 9.59 Å². The highest BCUT2D eigenvalue weighted by molar-refractivity contribution is 6.41. The first kappa shape index (κ1) is 17.4. The quantitative estimate of drug-likeness (QED) is 0.703. The van der Waals surface area contributed by atoms with Crippen LogP contribution in [0.25, 0.3) is 0 Å². The van der Waals surface area contributed by atoms with Gasteiger partial charge in [0.05, 0.1) is 26.5 Å². The van der Waals surface area contributed by atoms with E-state index in [1.165, 1.54) is 26.5 Å². The van der Waals surface area contributed by atoms with E-state index in [4.69, 9.17) is 14.9 Å². The molecule has 1 rings (SSSR count). The number of carbonyl (C=O) groups is 2. The fraction of sp³-hybridized carbons (Fsp3) is 0.333. The number of carbonyl (C=O) groups excluding carboxylic acids is 2. The Morgan fingerprint density at radius 1 is 1.27 bits per heavy atom. The molecule has 1 aromatic carbocycles. The molecule has 22 heavy (non-hydrogen) atoms. The molecule has 7 heteroatoms. The van der Waals surface area contributed by atoms with E-state index in [0.717, 1.165) is 0 Å². The predicted molar refractivity (Wildman–Crippen MR) is 83.6 cm³/mol. The second-order valence-electron chi connectivity index (χ2n) is 4.30. The van der Waals surface area contributed by atoms with Crippen LogP contribution in [0.5, 0.6) is 11.5 Å². The van der Waals surface area contributed by atoms with E-state index in [-0.39, 0.29) is 18.7 Å². The molecule has 0 aliphatic heterocycles. The molecule has 0 unspecified atom stereocenters. The normalized spacial score (nSPS) is 10.3. The highest BCUT2D eigenvalue weighted by atomic mass is 16.5. The third-order valence-corrected chi connectivity index (χ3v) is 2.87. The topological polar surface area (TPSA) is 101 Å². The van der Waals surface area contributed by atoms with Crippen molar-refractivity contribution in [2.24, 2.45) is 4.99 Å². The van der Waals surface area contributed by atoms with E-state index >= 15 is 0 Å². The van der Waals surface area contributed by atoms with Gasteiger partial charge in [-0.1, -0.05) is 0 Å². The largest absolute Gasteiger partial charge is 0.493 e. The lowest BCUT2D eigenvalue weighted by Gasteiger charge is -2.09. The maximum absolute atomic E-state index is 12.0. The molecule has 1 amide bonds. The van der Waals surface area contributed by atoms with Crippen LogP contribution in [-0.4, -0.2) is 51.4 Å². The average molecular weight is 305 g/mol. The Kier molecular flexibility index (Phi) is 6.75. The number of methoxy groups -OCH3 is 2. The van der Waals surface area contributed by atoms with Crippen LogP contribution in [0, 0.1) is 5.41 Å². The van der Waals surface area contributed by atoms with Crippen LogP contribution < -0.4 is 14.8 Å². The van der Waals surface area contributed by atoms with Crippen LogP contribution in [0.2, 0.25) is 0 Å². The zero-order chi connectivity index (χ0) is 16.5. The highest BCUT2D eigenvalue weighted by Gasteiger charge is 2.13. The van der Waals surface area contributed by atoms with Gasteiger partial charge in [-0.2, -0.15) is 0 Å². The minimum atomic E-state index is -0.450. The fourth-order valence-electron chi connectivity index (χ4n) is 1.64. The van der Waals surface area contributed by atoms with Gasteiger partial charge in [-0.05, 0) is 18.2 Å². The summed E-state index contributed by atoms with van der Waals surface area (Å²) in [4.78, 5) is 27.4. The number of ether oxygens (including phenoxy) is 2. The number of benzene rings is 1. The van der Waals surface area contributed by atoms with Gasteiger partial charge in [0.2, 0.25) is 0 Å². The predicted octanol–water partition coefficient (Wildman–Crippen LogP) is 1.11. The Bertz CT molecular complexity index is 596. The Labute approximate surface area is 128 Å². The number of Topliss-reactive ketones (excluding diaryl/α,β-unsaturated/α-hetero) is 1. The van der Waals surface area contributed by atoms with Crippen molar-refractivity contribution < 1.29 is 19.1 Å². The van der Waals surface area contributed by atoms with Gasteiger partial charge in [-0.15, -0.1) is 0 Å². The van der Waals surface area contributed by atoms with Crippen molar-refractivity contribution in [1.82, 2.24) is 5.32 Å². The van der Waals surface area contributed by atoms with Crippen LogP contribution in [0.15, 0.2) is 23.2 Å². The first-order valence-electron chi connectivity index (χ1n) is 6.55. The monoisotopic (exact) mass is 305 g/mol. The van der Waals surface area contributed by atoms with Crippen molar-refractivity contribution in [3.05, 3.63) is 23.8 Å². The molecule has 0 fully saturated rings. The summed E-state index contributed by atoms with van der Waals surface area (Å²) in [7, 11) is 4.54. The molecule has 118 valence electrons. The van der Waals surface area contributed by atoms with Crippen LogP contribution >= 0.6 is 0 Å². The summed E-state index contributed by atoms with van der Waals surface area (Å²) in [5.41, 5.74) is 0.241. The van der Waals surface area contributed by atoms with Gasteiger partial charge in [-0.25, -0.2) is 0 Å². The van der Waals surface area contributed by atoms with Crippen LogP contribution in [0.4, 0.5) is 0 Å². The van der Waals surface area contributed by atoms with Crippen molar-refractivity contribution in [1.29, 1.82) is 5.41 Å². The zero-order valence-electron chi connectivity index (χ0n) is 12.8. The first-order valence-corrected chi connectivity index (χ1v) is 6.55. The minimum absolute atomic E-state index is 0.0989. The third kappa shape index (κ3) is 4.69. The summed E-state index contributed by atoms with van der Waals surface area (Å²) in [6.07, 6.45) is 1.62. The van der Waals surface area contributed by atoms with Crippen molar-refractivity contribution in [2.45, 2.75) is 6.42 Å². The molecule has 0 atom stereocenters. The van der Waals surface area contributed by atoms with E-state index in [1.807, 2.05) is 0 Å². The summed E-state index contributed by atoms with van der Waals surface area (Å²) >= 11 is 0. The first-order chi connectivity index (χ1) is 10.5. The maximum Gasteiger partial charge on any atom is 0.251 e. The van der Waals surface area contributed by atoms with Crippen molar-refractivity contribution in [3.63, 3.8) is 0 Å². The lowest BCUT2D eigenvalue weighted by Crippen LogP contribution is -2.33. The molecule has 7 nitrogen and oxygen atoms in total. The van der Waals surface area contributed by atoms with Gasteiger partial charge in [0.25, 0.3) is 5.91 Å². The molecular formula is C15H19N3O4. The lowest BCUT2D eigenvalue weighted by atomic mass is 10.1. The van der Waals surface area contributed by atoms with Gasteiger partial charge < -0.3 is 25.2 Å². The molecule has 0 spiro atoms. The Balaban J connectivity index is 2.66. The molecule has 1 aromatic rings. The number of aliphatic imine (C=N–C) groups is 1. The number of hydrogen-bond donors (Lipinski definition) is 2. The molecular weight excluding hydrogens is 286 g/mol. The van der Waals surface area contributed by atoms with Crippen LogP contribution in [0.1, 0.15) is 16.8 Å². The molecule has 0 bridgehead atoms. The third-order valence-electron chi connectivity index (χ3n) is 2.87.